The summed E-state index contributed by atoms with van der Waals surface area (Å²) in [4.78, 5) is 19.6. The van der Waals surface area contributed by atoms with Gasteiger partial charge in [-0.3, -0.25) is 0 Å². The minimum atomic E-state index is -0.129. The van der Waals surface area contributed by atoms with E-state index in [9.17, 15) is 4.79 Å². The first-order valence-corrected chi connectivity index (χ1v) is 8.84. The monoisotopic (exact) mass is 345 g/mol. The van der Waals surface area contributed by atoms with Crippen LogP contribution < -0.4 is 10.6 Å². The molecule has 0 spiro atoms. The topological polar surface area (TPSA) is 74.7 Å². The zero-order chi connectivity index (χ0) is 17.5. The van der Waals surface area contributed by atoms with E-state index < -0.39 is 0 Å². The molecule has 0 atom stereocenters. The lowest BCUT2D eigenvalue weighted by atomic mass is 10.2. The SMILES string of the molecule is O=C(Nc1cccc2c1ccn2Cc1ccnc2[nH]ccc12)NC1CC1. The van der Waals surface area contributed by atoms with Gasteiger partial charge < -0.3 is 20.2 Å². The van der Waals surface area contributed by atoms with Gasteiger partial charge in [0.25, 0.3) is 0 Å². The number of hydrogen-bond acceptors (Lipinski definition) is 2. The van der Waals surface area contributed by atoms with Crippen molar-refractivity contribution in [3.63, 3.8) is 0 Å². The summed E-state index contributed by atoms with van der Waals surface area (Å²) in [5, 5.41) is 8.12. The van der Waals surface area contributed by atoms with Gasteiger partial charge in [0.05, 0.1) is 11.2 Å². The number of aromatic nitrogens is 3. The van der Waals surface area contributed by atoms with Gasteiger partial charge in [-0.2, -0.15) is 0 Å². The first-order valence-electron chi connectivity index (χ1n) is 8.84. The lowest BCUT2D eigenvalue weighted by Gasteiger charge is -2.10. The highest BCUT2D eigenvalue weighted by atomic mass is 16.2. The van der Waals surface area contributed by atoms with E-state index in [0.29, 0.717) is 6.04 Å². The lowest BCUT2D eigenvalue weighted by molar-refractivity contribution is 0.252. The minimum Gasteiger partial charge on any atom is -0.346 e. The highest BCUT2D eigenvalue weighted by Crippen LogP contribution is 2.27. The Morgan fingerprint density at radius 1 is 1.19 bits per heavy atom. The van der Waals surface area contributed by atoms with Crippen molar-refractivity contribution in [1.82, 2.24) is 19.9 Å². The molecule has 130 valence electrons. The van der Waals surface area contributed by atoms with E-state index in [1.54, 1.807) is 0 Å². The molecule has 1 aromatic carbocycles. The normalized spacial score (nSPS) is 14.0. The molecule has 4 aromatic rings. The number of amides is 2. The number of H-pyrrole nitrogens is 1. The average Bonchev–Trinajstić information content (AvgIpc) is 3.16. The minimum absolute atomic E-state index is 0.129. The van der Waals surface area contributed by atoms with Crippen LogP contribution in [0.3, 0.4) is 0 Å². The average molecular weight is 345 g/mol. The highest BCUT2D eigenvalue weighted by molar-refractivity contribution is 6.01. The maximum absolute atomic E-state index is 12.1. The summed E-state index contributed by atoms with van der Waals surface area (Å²) < 4.78 is 2.20. The van der Waals surface area contributed by atoms with E-state index in [-0.39, 0.29) is 6.03 Å². The molecule has 6 heteroatoms. The second kappa shape index (κ2) is 5.91. The second-order valence-electron chi connectivity index (χ2n) is 6.76. The van der Waals surface area contributed by atoms with Crippen LogP contribution in [0, 0.1) is 0 Å². The molecule has 3 N–H and O–H groups in total. The van der Waals surface area contributed by atoms with Gasteiger partial charge in [0.2, 0.25) is 0 Å². The van der Waals surface area contributed by atoms with Crippen LogP contribution >= 0.6 is 0 Å². The molecular weight excluding hydrogens is 326 g/mol. The quantitative estimate of drug-likeness (QED) is 0.525. The summed E-state index contributed by atoms with van der Waals surface area (Å²) in [7, 11) is 0. The molecule has 6 nitrogen and oxygen atoms in total. The molecule has 0 unspecified atom stereocenters. The summed E-state index contributed by atoms with van der Waals surface area (Å²) >= 11 is 0. The number of hydrogen-bond donors (Lipinski definition) is 3. The molecule has 3 aromatic heterocycles. The van der Waals surface area contributed by atoms with Gasteiger partial charge in [0.15, 0.2) is 0 Å². The molecule has 2 amide bonds. The molecule has 1 aliphatic rings. The van der Waals surface area contributed by atoms with Gasteiger partial charge in [-0.25, -0.2) is 9.78 Å². The predicted molar refractivity (Wildman–Crippen MR) is 102 cm³/mol. The van der Waals surface area contributed by atoms with E-state index in [4.69, 9.17) is 0 Å². The summed E-state index contributed by atoms with van der Waals surface area (Å²) in [6.07, 6.45) is 7.96. The van der Waals surface area contributed by atoms with Crippen molar-refractivity contribution in [2.75, 3.05) is 5.32 Å². The Hall–Kier alpha value is -3.28. The number of carbonyl (C=O) groups excluding carboxylic acids is 1. The fourth-order valence-corrected chi connectivity index (χ4v) is 3.38. The zero-order valence-electron chi connectivity index (χ0n) is 14.2. The number of anilines is 1. The molecule has 0 bridgehead atoms. The van der Waals surface area contributed by atoms with E-state index in [1.807, 2.05) is 30.6 Å². The number of pyridine rings is 1. The lowest BCUT2D eigenvalue weighted by Crippen LogP contribution is -2.30. The molecule has 1 aliphatic carbocycles. The maximum atomic E-state index is 12.1. The number of rotatable bonds is 4. The Balaban J connectivity index is 1.46. The number of aromatic amines is 1. The Bertz CT molecular complexity index is 1110. The van der Waals surface area contributed by atoms with E-state index in [0.717, 1.165) is 47.0 Å². The largest absolute Gasteiger partial charge is 0.346 e. The third-order valence-electron chi connectivity index (χ3n) is 4.87. The van der Waals surface area contributed by atoms with Crippen molar-refractivity contribution in [1.29, 1.82) is 0 Å². The number of fused-ring (bicyclic) bond motifs is 2. The van der Waals surface area contributed by atoms with Crippen molar-refractivity contribution in [2.45, 2.75) is 25.4 Å². The van der Waals surface area contributed by atoms with Gasteiger partial charge in [0, 0.05) is 41.9 Å². The molecule has 3 heterocycles. The van der Waals surface area contributed by atoms with Gasteiger partial charge in [0.1, 0.15) is 5.65 Å². The standard InChI is InChI=1S/C20H19N5O/c26-20(23-14-4-5-14)24-17-2-1-3-18-16(17)8-11-25(18)12-13-6-9-21-19-15(13)7-10-22-19/h1-3,6-11,14H,4-5,12H2,(H,21,22)(H2,23,24,26). The molecule has 26 heavy (non-hydrogen) atoms. The van der Waals surface area contributed by atoms with Crippen LogP contribution in [0.5, 0.6) is 0 Å². The van der Waals surface area contributed by atoms with Crippen LogP contribution in [0.4, 0.5) is 10.5 Å². The number of nitrogens with one attached hydrogen (secondary N) is 3. The molecule has 0 saturated heterocycles. The Kier molecular flexibility index (Phi) is 3.41. The van der Waals surface area contributed by atoms with Crippen LogP contribution in [0.25, 0.3) is 21.9 Å². The van der Waals surface area contributed by atoms with Gasteiger partial charge >= 0.3 is 6.03 Å². The van der Waals surface area contributed by atoms with Crippen LogP contribution in [-0.4, -0.2) is 26.6 Å². The molecule has 5 rings (SSSR count). The van der Waals surface area contributed by atoms with E-state index >= 15 is 0 Å². The third-order valence-corrected chi connectivity index (χ3v) is 4.87. The first-order chi connectivity index (χ1) is 12.8. The van der Waals surface area contributed by atoms with Crippen molar-refractivity contribution >= 4 is 33.7 Å². The van der Waals surface area contributed by atoms with Gasteiger partial charge in [-0.15, -0.1) is 0 Å². The Morgan fingerprint density at radius 2 is 2.12 bits per heavy atom. The molecule has 0 aliphatic heterocycles. The van der Waals surface area contributed by atoms with E-state index in [2.05, 4.69) is 49.6 Å². The van der Waals surface area contributed by atoms with E-state index in [1.165, 1.54) is 5.56 Å². The van der Waals surface area contributed by atoms with Crippen molar-refractivity contribution in [3.8, 4) is 0 Å². The van der Waals surface area contributed by atoms with Crippen molar-refractivity contribution < 1.29 is 4.79 Å². The smallest absolute Gasteiger partial charge is 0.319 e. The summed E-state index contributed by atoms with van der Waals surface area (Å²) in [5.74, 6) is 0. The van der Waals surface area contributed by atoms with Crippen LogP contribution in [-0.2, 0) is 6.54 Å². The summed E-state index contributed by atoms with van der Waals surface area (Å²) in [6, 6.07) is 12.4. The third kappa shape index (κ3) is 2.69. The fraction of sp³-hybridized carbons (Fsp3) is 0.200. The number of nitrogens with zero attached hydrogens (tertiary/aromatic N) is 2. The number of carbonyl (C=O) groups is 1. The van der Waals surface area contributed by atoms with Gasteiger partial charge in [-0.1, -0.05) is 6.07 Å². The van der Waals surface area contributed by atoms with Gasteiger partial charge in [-0.05, 0) is 48.7 Å². The number of urea groups is 1. The van der Waals surface area contributed by atoms with Crippen molar-refractivity contribution in [3.05, 3.63) is 60.6 Å². The van der Waals surface area contributed by atoms with Crippen LogP contribution in [0.1, 0.15) is 18.4 Å². The van der Waals surface area contributed by atoms with Crippen LogP contribution in [0.15, 0.2) is 55.0 Å². The summed E-state index contributed by atoms with van der Waals surface area (Å²) in [5.41, 5.74) is 4.03. The molecule has 1 saturated carbocycles. The molecule has 0 radical (unpaired) electrons. The Morgan fingerprint density at radius 3 is 3.00 bits per heavy atom. The molecule has 1 fully saturated rings. The maximum Gasteiger partial charge on any atom is 0.319 e. The van der Waals surface area contributed by atoms with Crippen molar-refractivity contribution in [2.24, 2.45) is 0 Å². The number of benzene rings is 1. The summed E-state index contributed by atoms with van der Waals surface area (Å²) in [6.45, 7) is 0.748. The highest BCUT2D eigenvalue weighted by Gasteiger charge is 2.23. The predicted octanol–water partition coefficient (Wildman–Crippen LogP) is 3.85. The van der Waals surface area contributed by atoms with Crippen LogP contribution in [0.2, 0.25) is 0 Å². The Labute approximate surface area is 150 Å². The first kappa shape index (κ1) is 15.0. The fourth-order valence-electron chi connectivity index (χ4n) is 3.38. The zero-order valence-corrected chi connectivity index (χ0v) is 14.2. The molecular formula is C20H19N5O. The second-order valence-corrected chi connectivity index (χ2v) is 6.76.